The van der Waals surface area contributed by atoms with Crippen molar-refractivity contribution in [1.82, 2.24) is 4.90 Å². The van der Waals surface area contributed by atoms with Gasteiger partial charge in [-0.3, -0.25) is 9.69 Å². The molecule has 8 nitrogen and oxygen atoms in total. The van der Waals surface area contributed by atoms with Gasteiger partial charge in [0.15, 0.2) is 0 Å². The molecular formula is C23H27ClN2O6. The summed E-state index contributed by atoms with van der Waals surface area (Å²) in [6, 6.07) is 8.27. The van der Waals surface area contributed by atoms with Gasteiger partial charge in [0.1, 0.15) is 23.7 Å². The number of ether oxygens (including phenoxy) is 3. The number of hydrogen-bond acceptors (Lipinski definition) is 8. The number of rotatable bonds is 8. The molecule has 9 heteroatoms. The summed E-state index contributed by atoms with van der Waals surface area (Å²) in [5.41, 5.74) is 2.30. The van der Waals surface area contributed by atoms with Crippen LogP contribution in [0.25, 0.3) is 0 Å². The van der Waals surface area contributed by atoms with Crippen molar-refractivity contribution in [2.75, 3.05) is 44.8 Å². The maximum Gasteiger partial charge on any atom is 0.341 e. The molecular weight excluding hydrogens is 436 g/mol. The second-order valence-electron chi connectivity index (χ2n) is 7.50. The van der Waals surface area contributed by atoms with Gasteiger partial charge in [0.05, 0.1) is 18.2 Å². The van der Waals surface area contributed by atoms with E-state index in [1.807, 2.05) is 13.0 Å². The number of aryl methyl sites for hydroxylation is 1. The number of aromatic hydroxyl groups is 1. The second-order valence-corrected chi connectivity index (χ2v) is 7.91. The third-order valence-electron chi connectivity index (χ3n) is 4.97. The molecule has 172 valence electrons. The molecule has 0 saturated carbocycles. The topological polar surface area (TPSA) is 97.3 Å². The highest BCUT2D eigenvalue weighted by molar-refractivity contribution is 6.32. The van der Waals surface area contributed by atoms with Crippen molar-refractivity contribution in [3.8, 4) is 11.5 Å². The average molecular weight is 463 g/mol. The van der Waals surface area contributed by atoms with E-state index < -0.39 is 11.9 Å². The summed E-state index contributed by atoms with van der Waals surface area (Å²) in [5.74, 6) is -1.01. The molecule has 0 aliphatic carbocycles. The summed E-state index contributed by atoms with van der Waals surface area (Å²) in [6.07, 6.45) is 0. The van der Waals surface area contributed by atoms with E-state index >= 15 is 0 Å². The Balaban J connectivity index is 1.66. The molecule has 0 amide bonds. The van der Waals surface area contributed by atoms with E-state index in [2.05, 4.69) is 10.2 Å². The lowest BCUT2D eigenvalue weighted by atomic mass is 10.1. The number of morpholine rings is 1. The van der Waals surface area contributed by atoms with Crippen LogP contribution in [0.5, 0.6) is 11.5 Å². The third-order valence-corrected chi connectivity index (χ3v) is 5.26. The smallest absolute Gasteiger partial charge is 0.341 e. The second kappa shape index (κ2) is 11.2. The van der Waals surface area contributed by atoms with Crippen LogP contribution in [0, 0.1) is 6.92 Å². The standard InChI is InChI=1S/C23H27ClN2O6/c1-15-11-17(22(28)20(24)12-15)14-25-18-3-4-19(21(13-18)32-16(2)27)23(29)31-10-7-26-5-8-30-9-6-26/h3-4,11-13,25,28H,5-10,14H2,1-2H3. The summed E-state index contributed by atoms with van der Waals surface area (Å²) in [4.78, 5) is 26.3. The largest absolute Gasteiger partial charge is 0.506 e. The molecule has 0 unspecified atom stereocenters. The minimum absolute atomic E-state index is 0.00504. The number of esters is 2. The Morgan fingerprint density at radius 2 is 1.97 bits per heavy atom. The minimum Gasteiger partial charge on any atom is -0.506 e. The first kappa shape index (κ1) is 23.8. The van der Waals surface area contributed by atoms with Gasteiger partial charge in [-0.1, -0.05) is 17.7 Å². The fraction of sp³-hybridized carbons (Fsp3) is 0.391. The number of nitrogens with zero attached hydrogens (tertiary/aromatic N) is 1. The normalized spacial score (nSPS) is 14.1. The lowest BCUT2D eigenvalue weighted by Crippen LogP contribution is -2.38. The van der Waals surface area contributed by atoms with Gasteiger partial charge in [0.2, 0.25) is 0 Å². The first-order chi connectivity index (χ1) is 15.3. The molecule has 0 spiro atoms. The van der Waals surface area contributed by atoms with Gasteiger partial charge in [-0.25, -0.2) is 4.79 Å². The van der Waals surface area contributed by atoms with Crippen molar-refractivity contribution in [2.24, 2.45) is 0 Å². The van der Waals surface area contributed by atoms with E-state index in [4.69, 9.17) is 25.8 Å². The van der Waals surface area contributed by atoms with Crippen LogP contribution in [0.3, 0.4) is 0 Å². The van der Waals surface area contributed by atoms with Gasteiger partial charge < -0.3 is 24.6 Å². The summed E-state index contributed by atoms with van der Waals surface area (Å²) in [5, 5.41) is 13.6. The zero-order chi connectivity index (χ0) is 23.1. The van der Waals surface area contributed by atoms with E-state index in [9.17, 15) is 14.7 Å². The fourth-order valence-electron chi connectivity index (χ4n) is 3.35. The van der Waals surface area contributed by atoms with Gasteiger partial charge in [-0.2, -0.15) is 0 Å². The average Bonchev–Trinajstić information content (AvgIpc) is 2.75. The van der Waals surface area contributed by atoms with Gasteiger partial charge in [-0.15, -0.1) is 0 Å². The summed E-state index contributed by atoms with van der Waals surface area (Å²) < 4.78 is 15.9. The molecule has 1 saturated heterocycles. The van der Waals surface area contributed by atoms with Gasteiger partial charge >= 0.3 is 11.9 Å². The first-order valence-corrected chi connectivity index (χ1v) is 10.7. The van der Waals surface area contributed by atoms with Gasteiger partial charge in [0.25, 0.3) is 0 Å². The molecule has 1 aliphatic rings. The number of carbonyl (C=O) groups is 2. The summed E-state index contributed by atoms with van der Waals surface area (Å²) in [7, 11) is 0. The predicted molar refractivity (Wildman–Crippen MR) is 120 cm³/mol. The number of hydrogen-bond donors (Lipinski definition) is 2. The van der Waals surface area contributed by atoms with Crippen LogP contribution in [-0.4, -0.2) is 61.4 Å². The highest BCUT2D eigenvalue weighted by Crippen LogP contribution is 2.30. The number of nitrogens with one attached hydrogen (secondary N) is 1. The van der Waals surface area contributed by atoms with Crippen molar-refractivity contribution >= 4 is 29.2 Å². The van der Waals surface area contributed by atoms with E-state index in [1.165, 1.54) is 6.92 Å². The third kappa shape index (κ3) is 6.59. The minimum atomic E-state index is -0.566. The van der Waals surface area contributed by atoms with Crippen LogP contribution < -0.4 is 10.1 Å². The molecule has 0 radical (unpaired) electrons. The Morgan fingerprint density at radius 3 is 2.69 bits per heavy atom. The highest BCUT2D eigenvalue weighted by atomic mass is 35.5. The van der Waals surface area contributed by atoms with Crippen LogP contribution >= 0.6 is 11.6 Å². The lowest BCUT2D eigenvalue weighted by Gasteiger charge is -2.26. The summed E-state index contributed by atoms with van der Waals surface area (Å²) in [6.45, 7) is 7.23. The molecule has 3 rings (SSSR count). The van der Waals surface area contributed by atoms with Crippen LogP contribution in [-0.2, 0) is 20.8 Å². The quantitative estimate of drug-likeness (QED) is 0.455. The molecule has 1 heterocycles. The van der Waals surface area contributed by atoms with Gasteiger partial charge in [0, 0.05) is 50.4 Å². The van der Waals surface area contributed by atoms with Crippen LogP contribution in [0.1, 0.15) is 28.4 Å². The molecule has 2 aromatic rings. The van der Waals surface area contributed by atoms with E-state index in [1.54, 1.807) is 24.3 Å². The zero-order valence-corrected chi connectivity index (χ0v) is 18.9. The number of benzene rings is 2. The lowest BCUT2D eigenvalue weighted by molar-refractivity contribution is -0.131. The van der Waals surface area contributed by atoms with Crippen LogP contribution in [0.4, 0.5) is 5.69 Å². The number of phenols is 1. The predicted octanol–water partition coefficient (Wildman–Crippen LogP) is 3.38. The maximum atomic E-state index is 12.6. The van der Waals surface area contributed by atoms with Crippen molar-refractivity contribution in [3.05, 3.63) is 52.0 Å². The first-order valence-electron chi connectivity index (χ1n) is 10.3. The Kier molecular flexibility index (Phi) is 8.33. The van der Waals surface area contributed by atoms with Crippen molar-refractivity contribution in [3.63, 3.8) is 0 Å². The van der Waals surface area contributed by atoms with Gasteiger partial charge in [-0.05, 0) is 30.7 Å². The Bertz CT molecular complexity index is 975. The molecule has 2 N–H and O–H groups in total. The molecule has 32 heavy (non-hydrogen) atoms. The van der Waals surface area contributed by atoms with Crippen molar-refractivity contribution < 1.29 is 28.9 Å². The number of carbonyl (C=O) groups excluding carboxylic acids is 2. The fourth-order valence-corrected chi connectivity index (χ4v) is 3.64. The van der Waals surface area contributed by atoms with E-state index in [0.717, 1.165) is 18.7 Å². The van der Waals surface area contributed by atoms with Crippen LogP contribution in [0.15, 0.2) is 30.3 Å². The number of anilines is 1. The zero-order valence-electron chi connectivity index (χ0n) is 18.2. The van der Waals surface area contributed by atoms with Crippen molar-refractivity contribution in [2.45, 2.75) is 20.4 Å². The molecule has 1 aliphatic heterocycles. The Morgan fingerprint density at radius 1 is 1.22 bits per heavy atom. The monoisotopic (exact) mass is 462 g/mol. The summed E-state index contributed by atoms with van der Waals surface area (Å²) >= 11 is 6.03. The van der Waals surface area contributed by atoms with E-state index in [0.29, 0.717) is 31.0 Å². The SMILES string of the molecule is CC(=O)Oc1cc(NCc2cc(C)cc(Cl)c2O)ccc1C(=O)OCCN1CCOCC1. The molecule has 2 aromatic carbocycles. The molecule has 0 atom stereocenters. The van der Waals surface area contributed by atoms with E-state index in [-0.39, 0.29) is 35.2 Å². The number of halogens is 1. The number of phenolic OH excluding ortho intramolecular Hbond substituents is 1. The molecule has 0 bridgehead atoms. The molecule has 0 aromatic heterocycles. The molecule has 1 fully saturated rings. The van der Waals surface area contributed by atoms with Crippen molar-refractivity contribution in [1.29, 1.82) is 0 Å². The highest BCUT2D eigenvalue weighted by Gasteiger charge is 2.18. The Labute approximate surface area is 192 Å². The van der Waals surface area contributed by atoms with Crippen LogP contribution in [0.2, 0.25) is 5.02 Å². The maximum absolute atomic E-state index is 12.6. The Hall–Kier alpha value is -2.81.